The van der Waals surface area contributed by atoms with Crippen molar-refractivity contribution >= 4 is 23.2 Å². The molecule has 0 aliphatic heterocycles. The van der Waals surface area contributed by atoms with E-state index in [2.05, 4.69) is 5.32 Å². The maximum Gasteiger partial charge on any atom is 0.128 e. The number of nitrogens with one attached hydrogen (secondary N) is 1. The molecule has 19 heavy (non-hydrogen) atoms. The number of benzene rings is 2. The molecular formula is C15H14Cl2FN. The summed E-state index contributed by atoms with van der Waals surface area (Å²) < 4.78 is 14.0. The van der Waals surface area contributed by atoms with Gasteiger partial charge < -0.3 is 5.32 Å². The molecule has 0 aromatic heterocycles. The molecule has 0 fully saturated rings. The lowest BCUT2D eigenvalue weighted by atomic mass is 9.98. The average Bonchev–Trinajstić information content (AvgIpc) is 2.38. The third-order valence-electron chi connectivity index (χ3n) is 2.91. The van der Waals surface area contributed by atoms with Crippen molar-refractivity contribution in [3.8, 4) is 0 Å². The van der Waals surface area contributed by atoms with Crippen molar-refractivity contribution in [3.05, 3.63) is 69.5 Å². The zero-order chi connectivity index (χ0) is 13.8. The summed E-state index contributed by atoms with van der Waals surface area (Å²) in [5, 5.41) is 4.29. The summed E-state index contributed by atoms with van der Waals surface area (Å²) >= 11 is 12.4. The van der Waals surface area contributed by atoms with Gasteiger partial charge in [0.2, 0.25) is 0 Å². The second-order valence-corrected chi connectivity index (χ2v) is 4.96. The van der Waals surface area contributed by atoms with E-state index in [4.69, 9.17) is 23.2 Å². The first-order valence-corrected chi connectivity index (χ1v) is 6.82. The van der Waals surface area contributed by atoms with E-state index in [0.717, 1.165) is 0 Å². The quantitative estimate of drug-likeness (QED) is 0.852. The molecule has 2 aromatic rings. The van der Waals surface area contributed by atoms with Crippen LogP contribution in [-0.4, -0.2) is 6.54 Å². The fourth-order valence-electron chi connectivity index (χ4n) is 2.07. The zero-order valence-electron chi connectivity index (χ0n) is 10.5. The highest BCUT2D eigenvalue weighted by Gasteiger charge is 2.21. The normalized spacial score (nSPS) is 12.4. The Morgan fingerprint density at radius 3 is 2.26 bits per heavy atom. The van der Waals surface area contributed by atoms with Gasteiger partial charge in [0.05, 0.1) is 6.04 Å². The molecule has 0 radical (unpaired) electrons. The van der Waals surface area contributed by atoms with Gasteiger partial charge in [0.1, 0.15) is 5.82 Å². The first kappa shape index (κ1) is 14.3. The van der Waals surface area contributed by atoms with Crippen LogP contribution < -0.4 is 5.32 Å². The van der Waals surface area contributed by atoms with Crippen LogP contribution in [0.25, 0.3) is 0 Å². The molecule has 1 unspecified atom stereocenters. The molecule has 0 saturated heterocycles. The minimum Gasteiger partial charge on any atom is -0.306 e. The maximum absolute atomic E-state index is 14.0. The van der Waals surface area contributed by atoms with Gasteiger partial charge in [-0.1, -0.05) is 54.4 Å². The predicted molar refractivity (Wildman–Crippen MR) is 78.4 cm³/mol. The van der Waals surface area contributed by atoms with E-state index in [1.807, 2.05) is 6.92 Å². The van der Waals surface area contributed by atoms with Crippen molar-refractivity contribution in [2.75, 3.05) is 6.54 Å². The zero-order valence-corrected chi connectivity index (χ0v) is 12.0. The highest BCUT2D eigenvalue weighted by molar-refractivity contribution is 6.36. The van der Waals surface area contributed by atoms with E-state index in [1.54, 1.807) is 36.4 Å². The average molecular weight is 298 g/mol. The van der Waals surface area contributed by atoms with Crippen LogP contribution in [0.5, 0.6) is 0 Å². The Morgan fingerprint density at radius 1 is 1.05 bits per heavy atom. The molecule has 1 atom stereocenters. The molecule has 0 amide bonds. The molecule has 100 valence electrons. The van der Waals surface area contributed by atoms with Crippen LogP contribution in [0.2, 0.25) is 10.0 Å². The highest BCUT2D eigenvalue weighted by Crippen LogP contribution is 2.34. The second-order valence-electron chi connectivity index (χ2n) is 4.15. The maximum atomic E-state index is 14.0. The van der Waals surface area contributed by atoms with Gasteiger partial charge in [-0.25, -0.2) is 4.39 Å². The van der Waals surface area contributed by atoms with Gasteiger partial charge >= 0.3 is 0 Å². The van der Waals surface area contributed by atoms with E-state index in [9.17, 15) is 4.39 Å². The molecule has 0 bridgehead atoms. The SMILES string of the molecule is CCNC(c1ccccc1F)c1c(Cl)cccc1Cl. The van der Waals surface area contributed by atoms with Crippen LogP contribution in [0.3, 0.4) is 0 Å². The monoisotopic (exact) mass is 297 g/mol. The minimum absolute atomic E-state index is 0.274. The van der Waals surface area contributed by atoms with Crippen molar-refractivity contribution in [1.82, 2.24) is 5.32 Å². The van der Waals surface area contributed by atoms with E-state index < -0.39 is 0 Å². The van der Waals surface area contributed by atoms with E-state index >= 15 is 0 Å². The van der Waals surface area contributed by atoms with Gasteiger partial charge in [0.25, 0.3) is 0 Å². The summed E-state index contributed by atoms with van der Waals surface area (Å²) in [6.45, 7) is 2.64. The van der Waals surface area contributed by atoms with Gasteiger partial charge in [-0.2, -0.15) is 0 Å². The molecular weight excluding hydrogens is 284 g/mol. The summed E-state index contributed by atoms with van der Waals surface area (Å²) in [5.74, 6) is -0.274. The fraction of sp³-hybridized carbons (Fsp3) is 0.200. The molecule has 2 aromatic carbocycles. The van der Waals surface area contributed by atoms with Gasteiger partial charge in [-0.15, -0.1) is 0 Å². The molecule has 0 heterocycles. The number of rotatable bonds is 4. The lowest BCUT2D eigenvalue weighted by Crippen LogP contribution is -2.23. The Morgan fingerprint density at radius 2 is 1.68 bits per heavy atom. The molecule has 2 rings (SSSR count). The van der Waals surface area contributed by atoms with E-state index in [0.29, 0.717) is 27.7 Å². The van der Waals surface area contributed by atoms with Crippen LogP contribution >= 0.6 is 23.2 Å². The second kappa shape index (κ2) is 6.38. The van der Waals surface area contributed by atoms with Crippen LogP contribution in [0.15, 0.2) is 42.5 Å². The van der Waals surface area contributed by atoms with Crippen LogP contribution in [0.4, 0.5) is 4.39 Å². The predicted octanol–water partition coefficient (Wildman–Crippen LogP) is 4.83. The Kier molecular flexibility index (Phi) is 4.81. The fourth-order valence-corrected chi connectivity index (χ4v) is 2.68. The number of halogens is 3. The lowest BCUT2D eigenvalue weighted by Gasteiger charge is -2.21. The Labute approximate surface area is 122 Å². The van der Waals surface area contributed by atoms with Gasteiger partial charge in [-0.05, 0) is 24.7 Å². The van der Waals surface area contributed by atoms with E-state index in [1.165, 1.54) is 6.07 Å². The molecule has 1 nitrogen and oxygen atoms in total. The largest absolute Gasteiger partial charge is 0.306 e. The first-order chi connectivity index (χ1) is 9.15. The standard InChI is InChI=1S/C15H14Cl2FN/c1-2-19-15(10-6-3-4-9-13(10)18)14-11(16)7-5-8-12(14)17/h3-9,15,19H,2H2,1H3. The minimum atomic E-state index is -0.354. The van der Waals surface area contributed by atoms with Crippen molar-refractivity contribution < 1.29 is 4.39 Å². The summed E-state index contributed by atoms with van der Waals surface area (Å²) in [6, 6.07) is 11.6. The van der Waals surface area contributed by atoms with Gasteiger partial charge in [0, 0.05) is 21.2 Å². The smallest absolute Gasteiger partial charge is 0.128 e. The first-order valence-electron chi connectivity index (χ1n) is 6.06. The molecule has 0 spiro atoms. The summed E-state index contributed by atoms with van der Waals surface area (Å²) in [7, 11) is 0. The van der Waals surface area contributed by atoms with Crippen LogP contribution in [0.1, 0.15) is 24.1 Å². The third-order valence-corrected chi connectivity index (χ3v) is 3.57. The number of hydrogen-bond acceptors (Lipinski definition) is 1. The molecule has 1 N–H and O–H groups in total. The topological polar surface area (TPSA) is 12.0 Å². The number of hydrogen-bond donors (Lipinski definition) is 1. The van der Waals surface area contributed by atoms with Crippen molar-refractivity contribution in [3.63, 3.8) is 0 Å². The van der Waals surface area contributed by atoms with Crippen molar-refractivity contribution in [2.45, 2.75) is 13.0 Å². The Bertz CT molecular complexity index is 552. The van der Waals surface area contributed by atoms with Gasteiger partial charge in [0.15, 0.2) is 0 Å². The summed E-state index contributed by atoms with van der Waals surface area (Å²) in [6.07, 6.45) is 0. The molecule has 0 aliphatic carbocycles. The van der Waals surface area contributed by atoms with Crippen molar-refractivity contribution in [2.24, 2.45) is 0 Å². The lowest BCUT2D eigenvalue weighted by molar-refractivity contribution is 0.559. The van der Waals surface area contributed by atoms with Crippen molar-refractivity contribution in [1.29, 1.82) is 0 Å². The molecule has 0 saturated carbocycles. The van der Waals surface area contributed by atoms with Crippen LogP contribution in [-0.2, 0) is 0 Å². The molecule has 0 aliphatic rings. The third kappa shape index (κ3) is 3.08. The van der Waals surface area contributed by atoms with Gasteiger partial charge in [-0.3, -0.25) is 0 Å². The summed E-state index contributed by atoms with van der Waals surface area (Å²) in [4.78, 5) is 0. The Balaban J connectivity index is 2.55. The van der Waals surface area contributed by atoms with Crippen LogP contribution in [0, 0.1) is 5.82 Å². The molecule has 4 heteroatoms. The Hall–Kier alpha value is -1.09. The van der Waals surface area contributed by atoms with E-state index in [-0.39, 0.29) is 11.9 Å². The highest BCUT2D eigenvalue weighted by atomic mass is 35.5. The summed E-state index contributed by atoms with van der Waals surface area (Å²) in [5.41, 5.74) is 1.25.